The van der Waals surface area contributed by atoms with Gasteiger partial charge in [-0.2, -0.15) is 0 Å². The predicted octanol–water partition coefficient (Wildman–Crippen LogP) is 2.50. The van der Waals surface area contributed by atoms with Crippen molar-refractivity contribution >= 4 is 5.97 Å². The van der Waals surface area contributed by atoms with Crippen molar-refractivity contribution < 1.29 is 14.3 Å². The van der Waals surface area contributed by atoms with Crippen molar-refractivity contribution in [3.8, 4) is 0 Å². The molecule has 0 amide bonds. The molecular weight excluding hydrogens is 230 g/mol. The van der Waals surface area contributed by atoms with Gasteiger partial charge in [-0.05, 0) is 56.0 Å². The summed E-state index contributed by atoms with van der Waals surface area (Å²) in [6, 6.07) is 1.60. The second-order valence-electron chi connectivity index (χ2n) is 5.58. The molecule has 4 heteroatoms. The van der Waals surface area contributed by atoms with Crippen molar-refractivity contribution in [3.05, 3.63) is 23.7 Å². The summed E-state index contributed by atoms with van der Waals surface area (Å²) in [5.74, 6) is 2.49. The van der Waals surface area contributed by atoms with Crippen LogP contribution < -0.4 is 5.32 Å². The summed E-state index contributed by atoms with van der Waals surface area (Å²) >= 11 is 0. The molecule has 0 spiro atoms. The molecule has 3 rings (SSSR count). The van der Waals surface area contributed by atoms with E-state index in [1.165, 1.54) is 31.9 Å². The summed E-state index contributed by atoms with van der Waals surface area (Å²) in [7, 11) is 0. The van der Waals surface area contributed by atoms with Crippen LogP contribution in [0, 0.1) is 17.8 Å². The Morgan fingerprint density at radius 2 is 2.06 bits per heavy atom. The molecule has 4 nitrogen and oxygen atoms in total. The van der Waals surface area contributed by atoms with Gasteiger partial charge in [-0.15, -0.1) is 0 Å². The Balaban J connectivity index is 1.46. The highest BCUT2D eigenvalue weighted by Crippen LogP contribution is 2.48. The first-order chi connectivity index (χ1) is 8.74. The maximum atomic E-state index is 10.7. The number of rotatable bonds is 7. The highest BCUT2D eigenvalue weighted by Gasteiger charge is 2.40. The maximum Gasteiger partial charge on any atom is 0.338 e. The second kappa shape index (κ2) is 4.76. The Kier molecular flexibility index (Phi) is 3.12. The van der Waals surface area contributed by atoms with Gasteiger partial charge in [-0.3, -0.25) is 0 Å². The molecule has 1 aromatic rings. The average Bonchev–Trinajstić information content (AvgIpc) is 3.25. The number of furan rings is 1. The van der Waals surface area contributed by atoms with Gasteiger partial charge >= 0.3 is 5.97 Å². The number of hydrogen-bond donors (Lipinski definition) is 2. The molecule has 1 heterocycles. The quantitative estimate of drug-likeness (QED) is 0.779. The minimum Gasteiger partial charge on any atom is -0.478 e. The zero-order chi connectivity index (χ0) is 12.5. The van der Waals surface area contributed by atoms with Crippen LogP contribution in [0.25, 0.3) is 0 Å². The average molecular weight is 249 g/mol. The van der Waals surface area contributed by atoms with Crippen molar-refractivity contribution in [3.63, 3.8) is 0 Å². The first-order valence-electron chi connectivity index (χ1n) is 6.75. The smallest absolute Gasteiger partial charge is 0.338 e. The second-order valence-corrected chi connectivity index (χ2v) is 5.58. The lowest BCUT2D eigenvalue weighted by Gasteiger charge is -2.15. The minimum atomic E-state index is -0.932. The Labute approximate surface area is 106 Å². The molecule has 0 atom stereocenters. The molecule has 2 N–H and O–H groups in total. The molecule has 18 heavy (non-hydrogen) atoms. The van der Waals surface area contributed by atoms with E-state index < -0.39 is 5.97 Å². The van der Waals surface area contributed by atoms with E-state index >= 15 is 0 Å². The van der Waals surface area contributed by atoms with E-state index in [-0.39, 0.29) is 5.56 Å². The molecule has 2 aliphatic rings. The fourth-order valence-corrected chi connectivity index (χ4v) is 2.71. The van der Waals surface area contributed by atoms with Gasteiger partial charge < -0.3 is 14.8 Å². The molecule has 0 radical (unpaired) electrons. The molecule has 2 aliphatic carbocycles. The molecule has 2 fully saturated rings. The minimum absolute atomic E-state index is 0.229. The summed E-state index contributed by atoms with van der Waals surface area (Å²) in [5, 5.41) is 12.2. The number of carboxylic acid groups (broad SMARTS) is 1. The summed E-state index contributed by atoms with van der Waals surface area (Å²) in [5.41, 5.74) is 0.229. The van der Waals surface area contributed by atoms with Crippen LogP contribution in [0.5, 0.6) is 0 Å². The summed E-state index contributed by atoms with van der Waals surface area (Å²) in [4.78, 5) is 10.7. The molecule has 0 aliphatic heterocycles. The van der Waals surface area contributed by atoms with Crippen LogP contribution in [-0.4, -0.2) is 17.6 Å². The van der Waals surface area contributed by atoms with Gasteiger partial charge in [0, 0.05) is 0 Å². The SMILES string of the molecule is O=C(O)c1coc(CNCC(C2CC2)C2CC2)c1. The van der Waals surface area contributed by atoms with E-state index in [2.05, 4.69) is 5.32 Å². The summed E-state index contributed by atoms with van der Waals surface area (Å²) in [6.45, 7) is 1.67. The standard InChI is InChI=1S/C14H19NO3/c16-14(17)11-5-12(18-8-11)6-15-7-13(9-1-2-9)10-3-4-10/h5,8-10,13,15H,1-4,6-7H2,(H,16,17). The molecule has 1 aromatic heterocycles. The Hall–Kier alpha value is -1.29. The van der Waals surface area contributed by atoms with E-state index in [0.29, 0.717) is 12.3 Å². The maximum absolute atomic E-state index is 10.7. The lowest BCUT2D eigenvalue weighted by molar-refractivity contribution is 0.0696. The molecule has 0 unspecified atom stereocenters. The summed E-state index contributed by atoms with van der Waals surface area (Å²) < 4.78 is 5.22. The van der Waals surface area contributed by atoms with Crippen molar-refractivity contribution in [2.45, 2.75) is 32.2 Å². The molecule has 0 saturated heterocycles. The van der Waals surface area contributed by atoms with Crippen molar-refractivity contribution in [1.29, 1.82) is 0 Å². The van der Waals surface area contributed by atoms with Gasteiger partial charge in [0.25, 0.3) is 0 Å². The normalized spacial score (nSPS) is 19.4. The Morgan fingerprint density at radius 3 is 2.56 bits per heavy atom. The topological polar surface area (TPSA) is 62.5 Å². The van der Waals surface area contributed by atoms with Gasteiger partial charge in [0.1, 0.15) is 12.0 Å². The van der Waals surface area contributed by atoms with Crippen LogP contribution in [-0.2, 0) is 6.54 Å². The number of aromatic carboxylic acids is 1. The number of hydrogen-bond acceptors (Lipinski definition) is 3. The third-order valence-corrected chi connectivity index (χ3v) is 4.03. The van der Waals surface area contributed by atoms with Crippen LogP contribution in [0.4, 0.5) is 0 Å². The third kappa shape index (κ3) is 2.75. The third-order valence-electron chi connectivity index (χ3n) is 4.03. The molecule has 0 aromatic carbocycles. The first-order valence-corrected chi connectivity index (χ1v) is 6.75. The zero-order valence-electron chi connectivity index (χ0n) is 10.4. The van der Waals surface area contributed by atoms with E-state index in [1.54, 1.807) is 6.07 Å². The highest BCUT2D eigenvalue weighted by molar-refractivity contribution is 5.87. The fourth-order valence-electron chi connectivity index (χ4n) is 2.71. The Bertz CT molecular complexity index is 420. The van der Waals surface area contributed by atoms with Crippen molar-refractivity contribution in [1.82, 2.24) is 5.32 Å². The van der Waals surface area contributed by atoms with Gasteiger partial charge in [0.05, 0.1) is 12.1 Å². The fraction of sp³-hybridized carbons (Fsp3) is 0.643. The summed E-state index contributed by atoms with van der Waals surface area (Å²) in [6.07, 6.45) is 6.89. The molecule has 2 saturated carbocycles. The van der Waals surface area contributed by atoms with E-state index in [1.807, 2.05) is 0 Å². The monoisotopic (exact) mass is 249 g/mol. The van der Waals surface area contributed by atoms with Gasteiger partial charge in [-0.25, -0.2) is 4.79 Å². The van der Waals surface area contributed by atoms with E-state index in [9.17, 15) is 4.79 Å². The number of carbonyl (C=O) groups is 1. The molecule has 98 valence electrons. The van der Waals surface area contributed by atoms with E-state index in [4.69, 9.17) is 9.52 Å². The van der Waals surface area contributed by atoms with Gasteiger partial charge in [0.2, 0.25) is 0 Å². The number of carboxylic acids is 1. The first kappa shape index (κ1) is 11.8. The van der Waals surface area contributed by atoms with E-state index in [0.717, 1.165) is 24.3 Å². The van der Waals surface area contributed by atoms with Gasteiger partial charge in [-0.1, -0.05) is 0 Å². The lowest BCUT2D eigenvalue weighted by atomic mass is 9.98. The zero-order valence-corrected chi connectivity index (χ0v) is 10.4. The lowest BCUT2D eigenvalue weighted by Crippen LogP contribution is -2.25. The van der Waals surface area contributed by atoms with Crippen molar-refractivity contribution in [2.75, 3.05) is 6.54 Å². The van der Waals surface area contributed by atoms with Crippen molar-refractivity contribution in [2.24, 2.45) is 17.8 Å². The number of nitrogens with one attached hydrogen (secondary N) is 1. The van der Waals surface area contributed by atoms with Crippen LogP contribution in [0.15, 0.2) is 16.7 Å². The molecular formula is C14H19NO3. The molecule has 0 bridgehead atoms. The largest absolute Gasteiger partial charge is 0.478 e. The van der Waals surface area contributed by atoms with Crippen LogP contribution in [0.3, 0.4) is 0 Å². The van der Waals surface area contributed by atoms with Crippen LogP contribution in [0.1, 0.15) is 41.8 Å². The van der Waals surface area contributed by atoms with Crippen LogP contribution >= 0.6 is 0 Å². The highest BCUT2D eigenvalue weighted by atomic mass is 16.4. The predicted molar refractivity (Wildman–Crippen MR) is 66.3 cm³/mol. The Morgan fingerprint density at radius 1 is 1.39 bits per heavy atom. The van der Waals surface area contributed by atoms with Gasteiger partial charge in [0.15, 0.2) is 0 Å². The van der Waals surface area contributed by atoms with Crippen LogP contribution in [0.2, 0.25) is 0 Å².